The minimum atomic E-state index is -0.163. The Balaban J connectivity index is 1.70. The molecule has 20 heavy (non-hydrogen) atoms. The number of carbonyl (C=O) groups excluding carboxylic acids is 1. The Kier molecular flexibility index (Phi) is 3.83. The number of nitrogens with one attached hydrogen (secondary N) is 1. The highest BCUT2D eigenvalue weighted by Gasteiger charge is 2.36. The topological polar surface area (TPSA) is 59.8 Å². The molecule has 2 saturated carbocycles. The van der Waals surface area contributed by atoms with Crippen LogP contribution in [0.1, 0.15) is 50.4 Å². The molecule has 0 aromatic carbocycles. The molecule has 6 heteroatoms. The molecular formula is C14H20N4OS. The number of amides is 1. The number of aromatic nitrogens is 3. The van der Waals surface area contributed by atoms with E-state index in [9.17, 15) is 4.79 Å². The molecule has 2 aliphatic rings. The molecular weight excluding hydrogens is 272 g/mol. The molecule has 1 N–H and O–H groups in total. The minimum absolute atomic E-state index is 0.0215. The highest BCUT2D eigenvalue weighted by molar-refractivity contribution is 8.00. The Morgan fingerprint density at radius 2 is 2.25 bits per heavy atom. The van der Waals surface area contributed by atoms with Gasteiger partial charge in [-0.25, -0.2) is 0 Å². The van der Waals surface area contributed by atoms with Gasteiger partial charge in [0, 0.05) is 18.5 Å². The Labute approximate surface area is 123 Å². The summed E-state index contributed by atoms with van der Waals surface area (Å²) in [4.78, 5) is 11.9. The third-order valence-corrected chi connectivity index (χ3v) is 4.67. The highest BCUT2D eigenvalue weighted by Crippen LogP contribution is 2.46. The maximum atomic E-state index is 11.9. The van der Waals surface area contributed by atoms with Crippen LogP contribution in [0.5, 0.6) is 0 Å². The van der Waals surface area contributed by atoms with E-state index in [1.165, 1.54) is 37.4 Å². The van der Waals surface area contributed by atoms with Crippen LogP contribution in [0.2, 0.25) is 0 Å². The van der Waals surface area contributed by atoms with E-state index in [1.54, 1.807) is 6.08 Å². The smallest absolute Gasteiger partial charge is 0.233 e. The quantitative estimate of drug-likeness (QED) is 0.618. The summed E-state index contributed by atoms with van der Waals surface area (Å²) in [5.74, 6) is 1.75. The second kappa shape index (κ2) is 5.60. The van der Waals surface area contributed by atoms with Gasteiger partial charge in [-0.15, -0.1) is 16.8 Å². The number of rotatable bonds is 7. The molecule has 1 aromatic heterocycles. The SMILES string of the molecule is C=CCNC(=O)C(C)Sc1nnc(C2CC2)n1C1CC1. The van der Waals surface area contributed by atoms with E-state index < -0.39 is 0 Å². The average molecular weight is 292 g/mol. The first-order valence-corrected chi connectivity index (χ1v) is 8.08. The first kappa shape index (κ1) is 13.7. The van der Waals surface area contributed by atoms with Crippen molar-refractivity contribution in [3.63, 3.8) is 0 Å². The average Bonchev–Trinajstić information content (AvgIpc) is 3.35. The van der Waals surface area contributed by atoms with Gasteiger partial charge in [-0.2, -0.15) is 0 Å². The van der Waals surface area contributed by atoms with Crippen molar-refractivity contribution in [2.75, 3.05) is 6.54 Å². The third kappa shape index (κ3) is 2.90. The van der Waals surface area contributed by atoms with Crippen LogP contribution in [0, 0.1) is 0 Å². The van der Waals surface area contributed by atoms with Gasteiger partial charge in [0.15, 0.2) is 5.16 Å². The van der Waals surface area contributed by atoms with Crippen molar-refractivity contribution < 1.29 is 4.79 Å². The van der Waals surface area contributed by atoms with Crippen molar-refractivity contribution in [1.29, 1.82) is 0 Å². The monoisotopic (exact) mass is 292 g/mol. The van der Waals surface area contributed by atoms with Crippen LogP contribution in [-0.4, -0.2) is 32.5 Å². The summed E-state index contributed by atoms with van der Waals surface area (Å²) in [6.45, 7) is 6.02. The second-order valence-electron chi connectivity index (χ2n) is 5.51. The maximum absolute atomic E-state index is 11.9. The van der Waals surface area contributed by atoms with E-state index >= 15 is 0 Å². The molecule has 5 nitrogen and oxygen atoms in total. The van der Waals surface area contributed by atoms with Crippen LogP contribution in [0.25, 0.3) is 0 Å². The van der Waals surface area contributed by atoms with Crippen molar-refractivity contribution in [2.45, 2.75) is 55.0 Å². The number of carbonyl (C=O) groups is 1. The minimum Gasteiger partial charge on any atom is -0.352 e. The van der Waals surface area contributed by atoms with E-state index in [0.717, 1.165) is 11.0 Å². The number of thioether (sulfide) groups is 1. The maximum Gasteiger partial charge on any atom is 0.233 e. The van der Waals surface area contributed by atoms with Crippen LogP contribution in [0.4, 0.5) is 0 Å². The largest absolute Gasteiger partial charge is 0.352 e. The van der Waals surface area contributed by atoms with Gasteiger partial charge in [0.1, 0.15) is 5.82 Å². The van der Waals surface area contributed by atoms with Gasteiger partial charge in [0.25, 0.3) is 0 Å². The number of hydrogen-bond donors (Lipinski definition) is 1. The third-order valence-electron chi connectivity index (χ3n) is 3.62. The Hall–Kier alpha value is -1.30. The van der Waals surface area contributed by atoms with Crippen molar-refractivity contribution in [3.8, 4) is 0 Å². The Bertz CT molecular complexity index is 519. The molecule has 1 unspecified atom stereocenters. The normalized spacial score (nSPS) is 19.6. The van der Waals surface area contributed by atoms with Gasteiger partial charge in [-0.3, -0.25) is 4.79 Å². The summed E-state index contributed by atoms with van der Waals surface area (Å²) >= 11 is 1.51. The van der Waals surface area contributed by atoms with Crippen LogP contribution < -0.4 is 5.32 Å². The van der Waals surface area contributed by atoms with Crippen LogP contribution >= 0.6 is 11.8 Å². The van der Waals surface area contributed by atoms with Gasteiger partial charge in [0.05, 0.1) is 5.25 Å². The molecule has 0 spiro atoms. The molecule has 1 heterocycles. The zero-order chi connectivity index (χ0) is 14.1. The van der Waals surface area contributed by atoms with Gasteiger partial charge < -0.3 is 9.88 Å². The summed E-state index contributed by atoms with van der Waals surface area (Å²) in [6, 6.07) is 0.562. The second-order valence-corrected chi connectivity index (χ2v) is 6.82. The molecule has 1 aromatic rings. The van der Waals surface area contributed by atoms with Crippen molar-refractivity contribution in [1.82, 2.24) is 20.1 Å². The molecule has 0 radical (unpaired) electrons. The zero-order valence-corrected chi connectivity index (χ0v) is 12.5. The summed E-state index contributed by atoms with van der Waals surface area (Å²) in [5, 5.41) is 12.2. The molecule has 0 aliphatic heterocycles. The van der Waals surface area contributed by atoms with Gasteiger partial charge >= 0.3 is 0 Å². The molecule has 0 bridgehead atoms. The Morgan fingerprint density at radius 3 is 2.85 bits per heavy atom. The molecule has 2 fully saturated rings. The molecule has 1 amide bonds. The first-order chi connectivity index (χ1) is 9.70. The van der Waals surface area contributed by atoms with E-state index in [0.29, 0.717) is 18.5 Å². The number of hydrogen-bond acceptors (Lipinski definition) is 4. The lowest BCUT2D eigenvalue weighted by atomic mass is 10.4. The molecule has 0 saturated heterocycles. The highest BCUT2D eigenvalue weighted by atomic mass is 32.2. The lowest BCUT2D eigenvalue weighted by Crippen LogP contribution is -2.31. The summed E-state index contributed by atoms with van der Waals surface area (Å²) < 4.78 is 2.28. The van der Waals surface area contributed by atoms with E-state index in [2.05, 4.69) is 26.7 Å². The van der Waals surface area contributed by atoms with Crippen molar-refractivity contribution in [3.05, 3.63) is 18.5 Å². The zero-order valence-electron chi connectivity index (χ0n) is 11.7. The van der Waals surface area contributed by atoms with E-state index in [-0.39, 0.29) is 11.2 Å². The predicted octanol–water partition coefficient (Wildman–Crippen LogP) is 2.27. The summed E-state index contributed by atoms with van der Waals surface area (Å²) in [7, 11) is 0. The fourth-order valence-corrected chi connectivity index (χ4v) is 3.14. The summed E-state index contributed by atoms with van der Waals surface area (Å²) in [5.41, 5.74) is 0. The van der Waals surface area contributed by atoms with Crippen molar-refractivity contribution in [2.24, 2.45) is 0 Å². The van der Waals surface area contributed by atoms with Crippen LogP contribution in [-0.2, 0) is 4.79 Å². The van der Waals surface area contributed by atoms with E-state index in [1.807, 2.05) is 6.92 Å². The molecule has 108 valence electrons. The number of nitrogens with zero attached hydrogens (tertiary/aromatic N) is 3. The Morgan fingerprint density at radius 1 is 1.50 bits per heavy atom. The van der Waals surface area contributed by atoms with Crippen LogP contribution in [0.15, 0.2) is 17.8 Å². The fraction of sp³-hybridized carbons (Fsp3) is 0.643. The predicted molar refractivity (Wildman–Crippen MR) is 78.8 cm³/mol. The molecule has 2 aliphatic carbocycles. The van der Waals surface area contributed by atoms with Gasteiger partial charge in [-0.05, 0) is 32.6 Å². The fourth-order valence-electron chi connectivity index (χ4n) is 2.19. The van der Waals surface area contributed by atoms with Crippen LogP contribution in [0.3, 0.4) is 0 Å². The molecule has 1 atom stereocenters. The lowest BCUT2D eigenvalue weighted by Gasteiger charge is -2.12. The van der Waals surface area contributed by atoms with Crippen molar-refractivity contribution >= 4 is 17.7 Å². The van der Waals surface area contributed by atoms with Gasteiger partial charge in [0.2, 0.25) is 5.91 Å². The lowest BCUT2D eigenvalue weighted by molar-refractivity contribution is -0.120. The first-order valence-electron chi connectivity index (χ1n) is 7.20. The summed E-state index contributed by atoms with van der Waals surface area (Å²) in [6.07, 6.45) is 6.56. The van der Waals surface area contributed by atoms with E-state index in [4.69, 9.17) is 0 Å². The molecule has 3 rings (SSSR count). The standard InChI is InChI=1S/C14H20N4OS/c1-3-8-15-13(19)9(2)20-14-17-16-12(10-4-5-10)18(14)11-6-7-11/h3,9-11H,1,4-8H2,2H3,(H,15,19). The van der Waals surface area contributed by atoms with Gasteiger partial charge in [-0.1, -0.05) is 17.8 Å².